The number of hydrogen-bond acceptors (Lipinski definition) is 6. The molecule has 40 heavy (non-hydrogen) atoms. The van der Waals surface area contributed by atoms with E-state index in [-0.39, 0.29) is 24.4 Å². The Balaban J connectivity index is 1.38. The van der Waals surface area contributed by atoms with Crippen molar-refractivity contribution in [3.8, 4) is 16.9 Å². The molecule has 7 nitrogen and oxygen atoms in total. The van der Waals surface area contributed by atoms with Crippen LogP contribution in [0.15, 0.2) is 98.4 Å². The number of aromatic nitrogens is 5. The van der Waals surface area contributed by atoms with Crippen LogP contribution in [0.3, 0.4) is 0 Å². The smallest absolute Gasteiger partial charge is 0.167 e. The number of allylic oxidation sites excluding steroid dienone is 1. The molecule has 0 spiro atoms. The molecule has 0 fully saturated rings. The number of benzene rings is 2. The third kappa shape index (κ3) is 6.15. The second kappa shape index (κ2) is 11.8. The van der Waals surface area contributed by atoms with Crippen molar-refractivity contribution in [1.82, 2.24) is 24.5 Å². The fraction of sp³-hybridized carbons (Fsp3) is 0.152. The second-order valence-electron chi connectivity index (χ2n) is 9.75. The average molecular weight is 528 g/mol. The zero-order valence-electron chi connectivity index (χ0n) is 22.5. The molecule has 198 valence electrons. The molecule has 5 rings (SSSR count). The SMILES string of the molecule is C=CC(=O)Cc1ccc(C(=O)Cc2ccc(C)c(Cc3nccc(-c4cccnc4)n3)c2)cc1-n1cnc(C)c1. The number of ketones is 2. The van der Waals surface area contributed by atoms with E-state index in [1.165, 1.54) is 6.08 Å². The molecule has 2 aromatic carbocycles. The number of Topliss-reactive ketones (excluding diaryl/α,β-unsaturated/α-hetero) is 1. The normalized spacial score (nSPS) is 10.8. The lowest BCUT2D eigenvalue weighted by Gasteiger charge is -2.12. The lowest BCUT2D eigenvalue weighted by atomic mass is 9.96. The van der Waals surface area contributed by atoms with Crippen molar-refractivity contribution in [1.29, 1.82) is 0 Å². The number of imidazole rings is 1. The van der Waals surface area contributed by atoms with Gasteiger partial charge in [-0.2, -0.15) is 0 Å². The van der Waals surface area contributed by atoms with E-state index < -0.39 is 0 Å². The molecule has 5 aromatic rings. The number of hydrogen-bond donors (Lipinski definition) is 0. The summed E-state index contributed by atoms with van der Waals surface area (Å²) in [6, 6.07) is 17.3. The fourth-order valence-corrected chi connectivity index (χ4v) is 4.58. The summed E-state index contributed by atoms with van der Waals surface area (Å²) in [5.74, 6) is 0.612. The van der Waals surface area contributed by atoms with E-state index in [0.29, 0.717) is 17.8 Å². The first-order chi connectivity index (χ1) is 19.4. The first-order valence-electron chi connectivity index (χ1n) is 13.0. The van der Waals surface area contributed by atoms with Gasteiger partial charge in [-0.25, -0.2) is 15.0 Å². The van der Waals surface area contributed by atoms with E-state index in [1.54, 1.807) is 31.0 Å². The van der Waals surface area contributed by atoms with Crippen LogP contribution < -0.4 is 0 Å². The molecule has 0 radical (unpaired) electrons. The van der Waals surface area contributed by atoms with Gasteiger partial charge in [0.1, 0.15) is 5.82 Å². The highest BCUT2D eigenvalue weighted by atomic mass is 16.1. The van der Waals surface area contributed by atoms with Crippen LogP contribution in [-0.4, -0.2) is 36.1 Å². The summed E-state index contributed by atoms with van der Waals surface area (Å²) in [7, 11) is 0. The van der Waals surface area contributed by atoms with E-state index in [4.69, 9.17) is 4.98 Å². The van der Waals surface area contributed by atoms with Crippen LogP contribution >= 0.6 is 0 Å². The summed E-state index contributed by atoms with van der Waals surface area (Å²) >= 11 is 0. The minimum absolute atomic E-state index is 0.00990. The number of carbonyl (C=O) groups is 2. The fourth-order valence-electron chi connectivity index (χ4n) is 4.58. The van der Waals surface area contributed by atoms with Crippen LogP contribution in [0.5, 0.6) is 0 Å². The van der Waals surface area contributed by atoms with Gasteiger partial charge in [-0.05, 0) is 66.4 Å². The maximum Gasteiger partial charge on any atom is 0.167 e. The van der Waals surface area contributed by atoms with Crippen molar-refractivity contribution in [2.45, 2.75) is 33.1 Å². The topological polar surface area (TPSA) is 90.6 Å². The highest BCUT2D eigenvalue weighted by Gasteiger charge is 2.15. The van der Waals surface area contributed by atoms with Crippen molar-refractivity contribution in [3.63, 3.8) is 0 Å². The van der Waals surface area contributed by atoms with Gasteiger partial charge in [0.2, 0.25) is 0 Å². The number of nitrogens with zero attached hydrogens (tertiary/aromatic N) is 5. The molecule has 7 heteroatoms. The molecule has 0 aliphatic carbocycles. The number of pyridine rings is 1. The molecule has 0 aliphatic rings. The van der Waals surface area contributed by atoms with Crippen molar-refractivity contribution in [2.24, 2.45) is 0 Å². The van der Waals surface area contributed by atoms with Crippen molar-refractivity contribution >= 4 is 11.6 Å². The summed E-state index contributed by atoms with van der Waals surface area (Å²) in [6.45, 7) is 7.53. The monoisotopic (exact) mass is 527 g/mol. The Bertz CT molecular complexity index is 1710. The summed E-state index contributed by atoms with van der Waals surface area (Å²) in [5.41, 5.74) is 7.85. The molecule has 0 atom stereocenters. The van der Waals surface area contributed by atoms with Gasteiger partial charge < -0.3 is 4.57 Å². The van der Waals surface area contributed by atoms with Crippen LogP contribution in [0.4, 0.5) is 0 Å². The summed E-state index contributed by atoms with van der Waals surface area (Å²) in [5, 5.41) is 0. The molecular weight excluding hydrogens is 498 g/mol. The van der Waals surface area contributed by atoms with E-state index >= 15 is 0 Å². The Hall–Kier alpha value is -5.04. The van der Waals surface area contributed by atoms with E-state index in [9.17, 15) is 9.59 Å². The van der Waals surface area contributed by atoms with Crippen LogP contribution in [0.25, 0.3) is 16.9 Å². The quantitative estimate of drug-likeness (QED) is 0.172. The zero-order valence-corrected chi connectivity index (χ0v) is 22.5. The Morgan fingerprint density at radius 1 is 0.950 bits per heavy atom. The lowest BCUT2D eigenvalue weighted by Crippen LogP contribution is -2.09. The molecule has 0 amide bonds. The van der Waals surface area contributed by atoms with Crippen LogP contribution in [0, 0.1) is 13.8 Å². The molecule has 0 saturated carbocycles. The maximum absolute atomic E-state index is 13.4. The van der Waals surface area contributed by atoms with E-state index in [0.717, 1.165) is 44.9 Å². The largest absolute Gasteiger partial charge is 0.306 e. The van der Waals surface area contributed by atoms with E-state index in [1.807, 2.05) is 60.2 Å². The van der Waals surface area contributed by atoms with E-state index in [2.05, 4.69) is 34.5 Å². The van der Waals surface area contributed by atoms with Gasteiger partial charge in [0.25, 0.3) is 0 Å². The maximum atomic E-state index is 13.4. The number of aryl methyl sites for hydroxylation is 2. The third-order valence-electron chi connectivity index (χ3n) is 6.78. The summed E-state index contributed by atoms with van der Waals surface area (Å²) in [4.78, 5) is 43.2. The summed E-state index contributed by atoms with van der Waals surface area (Å²) in [6.07, 6.45) is 11.2. The Morgan fingerprint density at radius 3 is 2.58 bits per heavy atom. The standard InChI is InChI=1S/C33H29N5O2/c1-4-29(39)16-25-9-10-26(17-31(25)38-20-23(3)36-21-38)32(40)15-24-8-7-22(2)28(14-24)18-33-35-13-11-30(37-33)27-6-5-12-34-19-27/h4-14,17,19-21H,1,15-16,18H2,2-3H3. The molecular formula is C33H29N5O2. The number of carbonyl (C=O) groups excluding carboxylic acids is 2. The molecule has 3 heterocycles. The highest BCUT2D eigenvalue weighted by Crippen LogP contribution is 2.22. The van der Waals surface area contributed by atoms with Gasteiger partial charge in [0, 0.05) is 55.2 Å². The predicted molar refractivity (Wildman–Crippen MR) is 154 cm³/mol. The van der Waals surface area contributed by atoms with Gasteiger partial charge in [-0.1, -0.05) is 36.9 Å². The third-order valence-corrected chi connectivity index (χ3v) is 6.78. The molecule has 0 N–H and O–H groups in total. The molecule has 0 unspecified atom stereocenters. The molecule has 0 aliphatic heterocycles. The van der Waals surface area contributed by atoms with Gasteiger partial charge in [0.15, 0.2) is 11.6 Å². The second-order valence-corrected chi connectivity index (χ2v) is 9.75. The Kier molecular flexibility index (Phi) is 7.82. The minimum atomic E-state index is -0.0840. The van der Waals surface area contributed by atoms with Crippen molar-refractivity contribution < 1.29 is 9.59 Å². The molecule has 3 aromatic heterocycles. The first kappa shape index (κ1) is 26.6. The Labute approximate surface area is 233 Å². The zero-order chi connectivity index (χ0) is 28.1. The number of rotatable bonds is 10. The van der Waals surface area contributed by atoms with Crippen LogP contribution in [0.2, 0.25) is 0 Å². The highest BCUT2D eigenvalue weighted by molar-refractivity contribution is 5.98. The molecule has 0 saturated heterocycles. The van der Waals surface area contributed by atoms with Gasteiger partial charge in [-0.15, -0.1) is 0 Å². The van der Waals surface area contributed by atoms with Crippen molar-refractivity contribution in [2.75, 3.05) is 0 Å². The van der Waals surface area contributed by atoms with Gasteiger partial charge in [-0.3, -0.25) is 14.6 Å². The Morgan fingerprint density at radius 2 is 1.82 bits per heavy atom. The average Bonchev–Trinajstić information content (AvgIpc) is 3.41. The van der Waals surface area contributed by atoms with Crippen LogP contribution in [-0.2, 0) is 24.1 Å². The predicted octanol–water partition coefficient (Wildman–Crippen LogP) is 5.65. The first-order valence-corrected chi connectivity index (χ1v) is 13.0. The minimum Gasteiger partial charge on any atom is -0.306 e. The lowest BCUT2D eigenvalue weighted by molar-refractivity contribution is -0.114. The molecule has 0 bridgehead atoms. The van der Waals surface area contributed by atoms with Gasteiger partial charge >= 0.3 is 0 Å². The van der Waals surface area contributed by atoms with Crippen LogP contribution in [0.1, 0.15) is 44.1 Å². The van der Waals surface area contributed by atoms with Gasteiger partial charge in [0.05, 0.1) is 23.4 Å². The summed E-state index contributed by atoms with van der Waals surface area (Å²) < 4.78 is 1.85. The van der Waals surface area contributed by atoms with Crippen molar-refractivity contribution in [3.05, 3.63) is 138 Å².